The number of rotatable bonds is 3. The van der Waals surface area contributed by atoms with Crippen LogP contribution in [-0.4, -0.2) is 66.6 Å². The highest BCUT2D eigenvalue weighted by Crippen LogP contribution is 2.41. The van der Waals surface area contributed by atoms with Crippen molar-refractivity contribution in [3.05, 3.63) is 35.9 Å². The summed E-state index contributed by atoms with van der Waals surface area (Å²) in [5.74, 6) is 0.0321. The van der Waals surface area contributed by atoms with Gasteiger partial charge in [0.25, 0.3) is 0 Å². The van der Waals surface area contributed by atoms with Crippen molar-refractivity contribution in [2.45, 2.75) is 31.4 Å². The lowest BCUT2D eigenvalue weighted by molar-refractivity contribution is -0.146. The Morgan fingerprint density at radius 3 is 2.76 bits per heavy atom. The monoisotopic (exact) mass is 345 g/mol. The molecule has 3 rings (SSSR count). The van der Waals surface area contributed by atoms with Crippen molar-refractivity contribution in [2.75, 3.05) is 33.7 Å². The highest BCUT2D eigenvalue weighted by Gasteiger charge is 2.49. The number of hydrogen-bond acceptors (Lipinski definition) is 4. The molecule has 3 atom stereocenters. The molecule has 0 unspecified atom stereocenters. The minimum Gasteiger partial charge on any atom is -0.391 e. The maximum absolute atomic E-state index is 12.9. The molecule has 2 heterocycles. The van der Waals surface area contributed by atoms with Gasteiger partial charge in [-0.1, -0.05) is 30.3 Å². The molecule has 2 aliphatic heterocycles. The molecule has 136 valence electrons. The lowest BCUT2D eigenvalue weighted by atomic mass is 9.70. The lowest BCUT2D eigenvalue weighted by Crippen LogP contribution is -2.60. The number of carbonyl (C=O) groups excluding carboxylic acids is 2. The molecule has 25 heavy (non-hydrogen) atoms. The molecule has 1 aromatic carbocycles. The molecule has 2 saturated heterocycles. The van der Waals surface area contributed by atoms with Gasteiger partial charge in [-0.25, -0.2) is 0 Å². The minimum absolute atomic E-state index is 0.00587. The van der Waals surface area contributed by atoms with Gasteiger partial charge in [0.1, 0.15) is 0 Å². The normalized spacial score (nSPS) is 30.1. The Morgan fingerprint density at radius 2 is 2.08 bits per heavy atom. The van der Waals surface area contributed by atoms with Crippen molar-refractivity contribution in [3.63, 3.8) is 0 Å². The van der Waals surface area contributed by atoms with Crippen molar-refractivity contribution >= 4 is 11.8 Å². The second kappa shape index (κ2) is 7.14. The number of hydrogen-bond donors (Lipinski definition) is 2. The van der Waals surface area contributed by atoms with Crippen LogP contribution < -0.4 is 5.32 Å². The number of nitrogens with zero attached hydrogens (tertiary/aromatic N) is 2. The van der Waals surface area contributed by atoms with E-state index in [9.17, 15) is 14.7 Å². The molecule has 0 radical (unpaired) electrons. The van der Waals surface area contributed by atoms with Crippen LogP contribution in [0.3, 0.4) is 0 Å². The van der Waals surface area contributed by atoms with Gasteiger partial charge < -0.3 is 15.3 Å². The van der Waals surface area contributed by atoms with E-state index in [4.69, 9.17) is 0 Å². The number of nitrogens with one attached hydrogen (secondary N) is 1. The highest BCUT2D eigenvalue weighted by molar-refractivity contribution is 5.85. The third-order valence-corrected chi connectivity index (χ3v) is 5.43. The number of likely N-dealkylation sites (tertiary alicyclic amines) is 1. The molecular weight excluding hydrogens is 318 g/mol. The van der Waals surface area contributed by atoms with E-state index >= 15 is 0 Å². The first-order valence-electron chi connectivity index (χ1n) is 8.88. The van der Waals surface area contributed by atoms with Crippen LogP contribution >= 0.6 is 0 Å². The largest absolute Gasteiger partial charge is 0.391 e. The smallest absolute Gasteiger partial charge is 0.236 e. The number of likely N-dealkylation sites (N-methyl/N-ethyl adjacent to an activating group) is 1. The van der Waals surface area contributed by atoms with Gasteiger partial charge in [-0.15, -0.1) is 0 Å². The minimum atomic E-state index is -0.621. The summed E-state index contributed by atoms with van der Waals surface area (Å²) >= 11 is 0. The van der Waals surface area contributed by atoms with Gasteiger partial charge in [0.05, 0.1) is 24.1 Å². The number of aliphatic hydroxyl groups is 1. The first kappa shape index (κ1) is 17.9. The number of amides is 2. The molecule has 2 N–H and O–H groups in total. The van der Waals surface area contributed by atoms with Crippen LogP contribution in [0.25, 0.3) is 0 Å². The fourth-order valence-electron chi connectivity index (χ4n) is 4.01. The molecule has 1 aromatic rings. The van der Waals surface area contributed by atoms with E-state index in [1.165, 1.54) is 0 Å². The third kappa shape index (κ3) is 3.70. The standard InChI is InChI=1S/C19H27N3O3/c1-21(2)16(24)12-22-10-6-9-19(13-22)11-15(23)17(20-18(19)25)14-7-4-3-5-8-14/h3-5,7-8,15,17,23H,6,9-13H2,1-2H3,(H,20,25)/t15-,17+,19-/m1/s1. The Kier molecular flexibility index (Phi) is 5.11. The Labute approximate surface area is 148 Å². The van der Waals surface area contributed by atoms with Gasteiger partial charge in [-0.2, -0.15) is 0 Å². The van der Waals surface area contributed by atoms with E-state index in [0.717, 1.165) is 24.9 Å². The summed E-state index contributed by atoms with van der Waals surface area (Å²) < 4.78 is 0. The Balaban J connectivity index is 1.72. The zero-order chi connectivity index (χ0) is 18.0. The van der Waals surface area contributed by atoms with Crippen molar-refractivity contribution in [1.82, 2.24) is 15.1 Å². The third-order valence-electron chi connectivity index (χ3n) is 5.43. The first-order chi connectivity index (χ1) is 11.9. The summed E-state index contributed by atoms with van der Waals surface area (Å²) in [5.41, 5.74) is 0.323. The second-order valence-electron chi connectivity index (χ2n) is 7.52. The fraction of sp³-hybridized carbons (Fsp3) is 0.579. The highest BCUT2D eigenvalue weighted by atomic mass is 16.3. The van der Waals surface area contributed by atoms with Gasteiger partial charge >= 0.3 is 0 Å². The van der Waals surface area contributed by atoms with Crippen LogP contribution in [0, 0.1) is 5.41 Å². The van der Waals surface area contributed by atoms with E-state index in [0.29, 0.717) is 19.5 Å². The summed E-state index contributed by atoms with van der Waals surface area (Å²) in [4.78, 5) is 28.5. The van der Waals surface area contributed by atoms with Crippen LogP contribution in [0.1, 0.15) is 30.9 Å². The zero-order valence-electron chi connectivity index (χ0n) is 14.9. The van der Waals surface area contributed by atoms with Crippen molar-refractivity contribution in [1.29, 1.82) is 0 Å². The number of aliphatic hydroxyl groups excluding tert-OH is 1. The van der Waals surface area contributed by atoms with E-state index in [1.807, 2.05) is 35.2 Å². The topological polar surface area (TPSA) is 72.9 Å². The van der Waals surface area contributed by atoms with Crippen LogP contribution in [0.5, 0.6) is 0 Å². The molecule has 6 nitrogen and oxygen atoms in total. The molecule has 2 fully saturated rings. The van der Waals surface area contributed by atoms with E-state index in [1.54, 1.807) is 19.0 Å². The van der Waals surface area contributed by atoms with Gasteiger partial charge in [0, 0.05) is 20.6 Å². The number of piperidine rings is 2. The predicted octanol–water partition coefficient (Wildman–Crippen LogP) is 0.779. The zero-order valence-corrected chi connectivity index (χ0v) is 14.9. The van der Waals surface area contributed by atoms with Crippen LogP contribution in [-0.2, 0) is 9.59 Å². The number of carbonyl (C=O) groups is 2. The Hall–Kier alpha value is -1.92. The summed E-state index contributed by atoms with van der Waals surface area (Å²) in [6.07, 6.45) is 1.43. The summed E-state index contributed by atoms with van der Waals surface area (Å²) in [5, 5.41) is 13.7. The van der Waals surface area contributed by atoms with Crippen LogP contribution in [0.2, 0.25) is 0 Å². The predicted molar refractivity (Wildman–Crippen MR) is 94.8 cm³/mol. The van der Waals surface area contributed by atoms with Crippen LogP contribution in [0.4, 0.5) is 0 Å². The van der Waals surface area contributed by atoms with E-state index in [-0.39, 0.29) is 17.9 Å². The maximum atomic E-state index is 12.9. The Bertz CT molecular complexity index is 634. The van der Waals surface area contributed by atoms with Crippen molar-refractivity contribution in [2.24, 2.45) is 5.41 Å². The molecule has 0 aliphatic carbocycles. The number of benzene rings is 1. The quantitative estimate of drug-likeness (QED) is 0.849. The lowest BCUT2D eigenvalue weighted by Gasteiger charge is -2.47. The van der Waals surface area contributed by atoms with Gasteiger partial charge in [0.15, 0.2) is 0 Å². The second-order valence-corrected chi connectivity index (χ2v) is 7.52. The van der Waals surface area contributed by atoms with E-state index < -0.39 is 11.5 Å². The van der Waals surface area contributed by atoms with Gasteiger partial charge in [-0.05, 0) is 31.4 Å². The molecule has 0 bridgehead atoms. The SMILES string of the molecule is CN(C)C(=O)CN1CCC[C@@]2(C[C@@H](O)[C@H](c3ccccc3)NC2=O)C1. The van der Waals surface area contributed by atoms with Crippen molar-refractivity contribution < 1.29 is 14.7 Å². The van der Waals surface area contributed by atoms with Crippen molar-refractivity contribution in [3.8, 4) is 0 Å². The molecule has 2 amide bonds. The first-order valence-corrected chi connectivity index (χ1v) is 8.88. The molecule has 1 spiro atoms. The van der Waals surface area contributed by atoms with Gasteiger partial charge in [-0.3, -0.25) is 14.5 Å². The fourth-order valence-corrected chi connectivity index (χ4v) is 4.01. The van der Waals surface area contributed by atoms with Gasteiger partial charge in [0.2, 0.25) is 11.8 Å². The molecule has 0 aromatic heterocycles. The van der Waals surface area contributed by atoms with E-state index in [2.05, 4.69) is 5.32 Å². The maximum Gasteiger partial charge on any atom is 0.236 e. The molecular formula is C19H27N3O3. The Morgan fingerprint density at radius 1 is 1.36 bits per heavy atom. The molecule has 0 saturated carbocycles. The van der Waals surface area contributed by atoms with Crippen LogP contribution in [0.15, 0.2) is 30.3 Å². The average Bonchev–Trinajstić information content (AvgIpc) is 2.59. The molecule has 2 aliphatic rings. The molecule has 6 heteroatoms. The summed E-state index contributed by atoms with van der Waals surface area (Å²) in [7, 11) is 3.48. The summed E-state index contributed by atoms with van der Waals surface area (Å²) in [6, 6.07) is 9.23. The summed E-state index contributed by atoms with van der Waals surface area (Å²) in [6.45, 7) is 1.66. The average molecular weight is 345 g/mol.